The normalized spacial score (nSPS) is 10.4. The Labute approximate surface area is 107 Å². The molecule has 2 rings (SSSR count). The molecule has 2 aromatic rings. The second-order valence-corrected chi connectivity index (χ2v) is 5.41. The largest absolute Gasteiger partial charge is 0.468 e. The molecule has 0 unspecified atom stereocenters. The zero-order valence-electron chi connectivity index (χ0n) is 9.17. The van der Waals surface area contributed by atoms with Gasteiger partial charge in [0.25, 0.3) is 0 Å². The van der Waals surface area contributed by atoms with Crippen molar-refractivity contribution >= 4 is 34.1 Å². The van der Waals surface area contributed by atoms with Gasteiger partial charge < -0.3 is 4.42 Å². The van der Waals surface area contributed by atoms with E-state index in [4.69, 9.17) is 4.42 Å². The number of hydrogen-bond donors (Lipinski definition) is 1. The van der Waals surface area contributed by atoms with E-state index < -0.39 is 0 Å². The fourth-order valence-electron chi connectivity index (χ4n) is 1.14. The lowest BCUT2D eigenvalue weighted by Crippen LogP contribution is -2.13. The summed E-state index contributed by atoms with van der Waals surface area (Å²) in [4.78, 5) is 11.5. The van der Waals surface area contributed by atoms with E-state index in [1.54, 1.807) is 6.26 Å². The highest BCUT2D eigenvalue weighted by molar-refractivity contribution is 7.99. The van der Waals surface area contributed by atoms with E-state index in [1.807, 2.05) is 19.1 Å². The third-order valence-electron chi connectivity index (χ3n) is 1.83. The molecule has 90 valence electrons. The van der Waals surface area contributed by atoms with Crippen LogP contribution in [0.4, 0.5) is 5.13 Å². The molecular weight excluding hydrogens is 258 g/mol. The number of carbonyl (C=O) groups is 1. The van der Waals surface area contributed by atoms with Crippen LogP contribution in [0.2, 0.25) is 0 Å². The van der Waals surface area contributed by atoms with Gasteiger partial charge in [-0.05, 0) is 19.1 Å². The molecular formula is C10H11N3O2S2. The fraction of sp³-hybridized carbons (Fsp3) is 0.300. The van der Waals surface area contributed by atoms with Gasteiger partial charge in [0.05, 0.1) is 17.8 Å². The number of amides is 1. The first-order chi connectivity index (χ1) is 8.24. The molecule has 0 saturated heterocycles. The minimum absolute atomic E-state index is 0.0716. The summed E-state index contributed by atoms with van der Waals surface area (Å²) in [5.41, 5.74) is 0. The van der Waals surface area contributed by atoms with Crippen molar-refractivity contribution in [1.29, 1.82) is 0 Å². The van der Waals surface area contributed by atoms with Crippen molar-refractivity contribution in [3.8, 4) is 0 Å². The first kappa shape index (κ1) is 12.1. The second kappa shape index (κ2) is 5.83. The van der Waals surface area contributed by atoms with Crippen LogP contribution >= 0.6 is 23.1 Å². The van der Waals surface area contributed by atoms with Crippen LogP contribution < -0.4 is 5.32 Å². The van der Waals surface area contributed by atoms with Crippen molar-refractivity contribution in [2.45, 2.75) is 12.7 Å². The Morgan fingerprint density at radius 1 is 1.59 bits per heavy atom. The molecule has 2 heterocycles. The van der Waals surface area contributed by atoms with Crippen LogP contribution in [-0.4, -0.2) is 21.9 Å². The first-order valence-electron chi connectivity index (χ1n) is 4.94. The van der Waals surface area contributed by atoms with Gasteiger partial charge in [-0.3, -0.25) is 10.1 Å². The molecule has 0 aliphatic rings. The highest BCUT2D eigenvalue weighted by Gasteiger charge is 2.06. The van der Waals surface area contributed by atoms with Crippen LogP contribution in [0.25, 0.3) is 0 Å². The van der Waals surface area contributed by atoms with Crippen molar-refractivity contribution in [1.82, 2.24) is 10.2 Å². The molecule has 1 amide bonds. The Hall–Kier alpha value is -1.34. The van der Waals surface area contributed by atoms with Crippen molar-refractivity contribution in [2.24, 2.45) is 0 Å². The highest BCUT2D eigenvalue weighted by atomic mass is 32.2. The van der Waals surface area contributed by atoms with E-state index in [2.05, 4.69) is 15.5 Å². The maximum atomic E-state index is 11.5. The maximum absolute atomic E-state index is 11.5. The smallest absolute Gasteiger partial charge is 0.236 e. The molecule has 2 aromatic heterocycles. The zero-order valence-corrected chi connectivity index (χ0v) is 10.8. The van der Waals surface area contributed by atoms with Gasteiger partial charge in [0.2, 0.25) is 11.0 Å². The molecule has 5 nitrogen and oxygen atoms in total. The average Bonchev–Trinajstić information content (AvgIpc) is 2.90. The third-order valence-corrected chi connectivity index (χ3v) is 3.54. The van der Waals surface area contributed by atoms with Crippen LogP contribution in [0.3, 0.4) is 0 Å². The molecule has 7 heteroatoms. The van der Waals surface area contributed by atoms with Gasteiger partial charge in [0.1, 0.15) is 10.8 Å². The number of anilines is 1. The predicted octanol–water partition coefficient (Wildman–Crippen LogP) is 2.31. The molecule has 0 bridgehead atoms. The first-order valence-corrected chi connectivity index (χ1v) is 6.91. The van der Waals surface area contributed by atoms with Gasteiger partial charge in [-0.15, -0.1) is 22.0 Å². The van der Waals surface area contributed by atoms with Crippen LogP contribution in [0.15, 0.2) is 22.8 Å². The summed E-state index contributed by atoms with van der Waals surface area (Å²) in [6, 6.07) is 3.72. The van der Waals surface area contributed by atoms with Gasteiger partial charge >= 0.3 is 0 Å². The Balaban J connectivity index is 1.71. The van der Waals surface area contributed by atoms with E-state index in [-0.39, 0.29) is 5.91 Å². The minimum atomic E-state index is -0.0716. The summed E-state index contributed by atoms with van der Waals surface area (Å²) >= 11 is 2.86. The molecule has 17 heavy (non-hydrogen) atoms. The summed E-state index contributed by atoms with van der Waals surface area (Å²) in [7, 11) is 0. The number of thioether (sulfide) groups is 1. The minimum Gasteiger partial charge on any atom is -0.468 e. The Kier molecular flexibility index (Phi) is 4.16. The lowest BCUT2D eigenvalue weighted by atomic mass is 10.5. The SMILES string of the molecule is Cc1nnc(NC(=O)CSCc2ccco2)s1. The lowest BCUT2D eigenvalue weighted by Gasteiger charge is -1.99. The summed E-state index contributed by atoms with van der Waals surface area (Å²) in [6.45, 7) is 1.85. The zero-order chi connectivity index (χ0) is 12.1. The molecule has 0 aliphatic heterocycles. The molecule has 0 saturated carbocycles. The van der Waals surface area contributed by atoms with Crippen molar-refractivity contribution in [2.75, 3.05) is 11.1 Å². The van der Waals surface area contributed by atoms with Crippen molar-refractivity contribution in [3.63, 3.8) is 0 Å². The molecule has 0 fully saturated rings. The highest BCUT2D eigenvalue weighted by Crippen LogP contribution is 2.15. The number of rotatable bonds is 5. The molecule has 0 aliphatic carbocycles. The Morgan fingerprint density at radius 3 is 3.12 bits per heavy atom. The summed E-state index contributed by atoms with van der Waals surface area (Å²) in [5.74, 6) is 1.86. The van der Waals surface area contributed by atoms with E-state index in [0.29, 0.717) is 16.6 Å². The quantitative estimate of drug-likeness (QED) is 0.902. The molecule has 0 radical (unpaired) electrons. The molecule has 1 N–H and O–H groups in total. The third kappa shape index (κ3) is 3.86. The number of carbonyl (C=O) groups excluding carboxylic acids is 1. The lowest BCUT2D eigenvalue weighted by molar-refractivity contribution is -0.113. The summed E-state index contributed by atoms with van der Waals surface area (Å²) in [6.07, 6.45) is 1.62. The number of aryl methyl sites for hydroxylation is 1. The van der Waals surface area contributed by atoms with Gasteiger partial charge in [0.15, 0.2) is 0 Å². The van der Waals surface area contributed by atoms with Crippen molar-refractivity contribution < 1.29 is 9.21 Å². The van der Waals surface area contributed by atoms with Crippen LogP contribution in [0.5, 0.6) is 0 Å². The number of furan rings is 1. The van der Waals surface area contributed by atoms with Gasteiger partial charge in [-0.1, -0.05) is 11.3 Å². The standard InChI is InChI=1S/C10H11N3O2S2/c1-7-12-13-10(17-7)11-9(14)6-16-5-8-3-2-4-15-8/h2-4H,5-6H2,1H3,(H,11,13,14). The number of aromatic nitrogens is 2. The van der Waals surface area contributed by atoms with Crippen LogP contribution in [0.1, 0.15) is 10.8 Å². The Bertz CT molecular complexity index is 481. The van der Waals surface area contributed by atoms with Crippen LogP contribution in [-0.2, 0) is 10.5 Å². The topological polar surface area (TPSA) is 68.0 Å². The van der Waals surface area contributed by atoms with Crippen molar-refractivity contribution in [3.05, 3.63) is 29.2 Å². The average molecular weight is 269 g/mol. The molecule has 0 aromatic carbocycles. The number of nitrogens with zero attached hydrogens (tertiary/aromatic N) is 2. The van der Waals surface area contributed by atoms with E-state index >= 15 is 0 Å². The van der Waals surface area contributed by atoms with Gasteiger partial charge in [0, 0.05) is 0 Å². The second-order valence-electron chi connectivity index (χ2n) is 3.25. The van der Waals surface area contributed by atoms with Gasteiger partial charge in [-0.25, -0.2) is 0 Å². The molecule has 0 atom stereocenters. The predicted molar refractivity (Wildman–Crippen MR) is 68.1 cm³/mol. The summed E-state index contributed by atoms with van der Waals surface area (Å²) < 4.78 is 5.16. The number of nitrogens with one attached hydrogen (secondary N) is 1. The summed E-state index contributed by atoms with van der Waals surface area (Å²) in [5, 5.41) is 11.7. The fourth-order valence-corrected chi connectivity index (χ4v) is 2.47. The Morgan fingerprint density at radius 2 is 2.47 bits per heavy atom. The van der Waals surface area contributed by atoms with Gasteiger partial charge in [-0.2, -0.15) is 0 Å². The van der Waals surface area contributed by atoms with E-state index in [0.717, 1.165) is 10.8 Å². The maximum Gasteiger partial charge on any atom is 0.236 e. The number of hydrogen-bond acceptors (Lipinski definition) is 6. The van der Waals surface area contributed by atoms with E-state index in [1.165, 1.54) is 23.1 Å². The van der Waals surface area contributed by atoms with Crippen LogP contribution in [0, 0.1) is 6.92 Å². The van der Waals surface area contributed by atoms with E-state index in [9.17, 15) is 4.79 Å². The monoisotopic (exact) mass is 269 g/mol. The molecule has 0 spiro atoms.